The molecule has 134 valence electrons. The van der Waals surface area contributed by atoms with Crippen LogP contribution < -0.4 is 4.74 Å². The maximum atomic E-state index is 13.7. The molecule has 1 heterocycles. The van der Waals surface area contributed by atoms with Gasteiger partial charge in [-0.05, 0) is 49.4 Å². The normalized spacial score (nSPS) is 10.6. The summed E-state index contributed by atoms with van der Waals surface area (Å²) in [6.07, 6.45) is 0. The molecule has 0 aliphatic heterocycles. The van der Waals surface area contributed by atoms with Crippen molar-refractivity contribution < 1.29 is 27.6 Å². The van der Waals surface area contributed by atoms with Crippen LogP contribution in [0.15, 0.2) is 47.0 Å². The molecule has 1 aromatic heterocycles. The number of carbonyl (C=O) groups is 1. The zero-order chi connectivity index (χ0) is 18.7. The van der Waals surface area contributed by atoms with Crippen LogP contribution in [0.3, 0.4) is 0 Å². The van der Waals surface area contributed by atoms with Gasteiger partial charge in [0.05, 0.1) is 12.7 Å². The first-order valence-electron chi connectivity index (χ1n) is 7.71. The Hall–Kier alpha value is -3.22. The Morgan fingerprint density at radius 3 is 2.54 bits per heavy atom. The molecule has 0 amide bonds. The van der Waals surface area contributed by atoms with Crippen molar-refractivity contribution >= 4 is 5.97 Å². The highest BCUT2D eigenvalue weighted by molar-refractivity contribution is 5.89. The summed E-state index contributed by atoms with van der Waals surface area (Å²) >= 11 is 0. The molecule has 7 heteroatoms. The van der Waals surface area contributed by atoms with Crippen LogP contribution in [0.4, 0.5) is 8.78 Å². The number of benzene rings is 2. The van der Waals surface area contributed by atoms with E-state index in [0.717, 1.165) is 6.07 Å². The molecular weight excluding hydrogens is 344 g/mol. The van der Waals surface area contributed by atoms with E-state index in [0.29, 0.717) is 22.6 Å². The Morgan fingerprint density at radius 1 is 1.15 bits per heavy atom. The minimum Gasteiger partial charge on any atom is -0.494 e. The van der Waals surface area contributed by atoms with Gasteiger partial charge in [0, 0.05) is 11.1 Å². The summed E-state index contributed by atoms with van der Waals surface area (Å²) in [6.45, 7) is 1.62. The van der Waals surface area contributed by atoms with E-state index in [-0.39, 0.29) is 23.7 Å². The molecule has 0 aliphatic carbocycles. The van der Waals surface area contributed by atoms with Crippen molar-refractivity contribution in [1.82, 2.24) is 5.16 Å². The van der Waals surface area contributed by atoms with Crippen molar-refractivity contribution in [3.05, 3.63) is 70.9 Å². The first kappa shape index (κ1) is 17.6. The summed E-state index contributed by atoms with van der Waals surface area (Å²) in [5.41, 5.74) is 1.81. The number of rotatable bonds is 5. The third-order valence-electron chi connectivity index (χ3n) is 3.85. The lowest BCUT2D eigenvalue weighted by molar-refractivity contribution is 0.0463. The summed E-state index contributed by atoms with van der Waals surface area (Å²) in [7, 11) is 1.34. The van der Waals surface area contributed by atoms with E-state index in [1.165, 1.54) is 31.4 Å². The number of nitrogens with zero attached hydrogens (tertiary/aromatic N) is 1. The summed E-state index contributed by atoms with van der Waals surface area (Å²) in [5, 5.41) is 3.89. The Labute approximate surface area is 148 Å². The molecule has 5 nitrogen and oxygen atoms in total. The van der Waals surface area contributed by atoms with Crippen LogP contribution in [0.25, 0.3) is 11.3 Å². The Balaban J connectivity index is 1.71. The molecule has 0 unspecified atom stereocenters. The van der Waals surface area contributed by atoms with Crippen LogP contribution >= 0.6 is 0 Å². The van der Waals surface area contributed by atoms with E-state index in [4.69, 9.17) is 14.0 Å². The first-order chi connectivity index (χ1) is 12.5. The van der Waals surface area contributed by atoms with Crippen LogP contribution in [0.2, 0.25) is 0 Å². The van der Waals surface area contributed by atoms with Crippen molar-refractivity contribution in [2.75, 3.05) is 7.11 Å². The minimum absolute atomic E-state index is 0.0397. The van der Waals surface area contributed by atoms with Gasteiger partial charge in [-0.15, -0.1) is 0 Å². The Kier molecular flexibility index (Phi) is 4.97. The predicted molar refractivity (Wildman–Crippen MR) is 88.7 cm³/mol. The second kappa shape index (κ2) is 7.35. The number of ether oxygens (including phenoxy) is 2. The molecule has 0 saturated heterocycles. The number of esters is 1. The fraction of sp³-hybridized carbons (Fsp3) is 0.158. The second-order valence-electron chi connectivity index (χ2n) is 5.52. The van der Waals surface area contributed by atoms with E-state index in [1.54, 1.807) is 19.1 Å². The fourth-order valence-electron chi connectivity index (χ4n) is 2.38. The van der Waals surface area contributed by atoms with Gasteiger partial charge < -0.3 is 14.0 Å². The summed E-state index contributed by atoms with van der Waals surface area (Å²) in [4.78, 5) is 12.1. The molecule has 0 aliphatic rings. The number of hydrogen-bond donors (Lipinski definition) is 0. The van der Waals surface area contributed by atoms with E-state index in [1.807, 2.05) is 0 Å². The fourth-order valence-corrected chi connectivity index (χ4v) is 2.38. The highest BCUT2D eigenvalue weighted by atomic mass is 19.1. The molecule has 0 atom stereocenters. The van der Waals surface area contributed by atoms with Crippen LogP contribution in [0, 0.1) is 18.6 Å². The predicted octanol–water partition coefficient (Wildman–Crippen LogP) is 4.29. The van der Waals surface area contributed by atoms with Gasteiger partial charge in [0.25, 0.3) is 0 Å². The molecule has 0 N–H and O–H groups in total. The molecular formula is C19H15F2NO4. The van der Waals surface area contributed by atoms with E-state index in [2.05, 4.69) is 5.16 Å². The Bertz CT molecular complexity index is 935. The largest absolute Gasteiger partial charge is 0.494 e. The van der Waals surface area contributed by atoms with Crippen molar-refractivity contribution in [3.63, 3.8) is 0 Å². The average molecular weight is 359 g/mol. The lowest BCUT2D eigenvalue weighted by Gasteiger charge is -2.06. The lowest BCUT2D eigenvalue weighted by atomic mass is 10.1. The van der Waals surface area contributed by atoms with Crippen molar-refractivity contribution in [2.45, 2.75) is 13.5 Å². The molecule has 3 aromatic rings. The highest BCUT2D eigenvalue weighted by Gasteiger charge is 2.17. The SMILES string of the molecule is COc1ccc(C(=O)OCc2noc(-c3ccc(F)cc3)c2C)cc1F. The van der Waals surface area contributed by atoms with Crippen molar-refractivity contribution in [3.8, 4) is 17.1 Å². The average Bonchev–Trinajstić information content (AvgIpc) is 3.01. The van der Waals surface area contributed by atoms with E-state index in [9.17, 15) is 13.6 Å². The third kappa shape index (κ3) is 3.56. The topological polar surface area (TPSA) is 61.6 Å². The monoisotopic (exact) mass is 359 g/mol. The van der Waals surface area contributed by atoms with Gasteiger partial charge in [0.15, 0.2) is 17.3 Å². The van der Waals surface area contributed by atoms with Crippen LogP contribution in [0.1, 0.15) is 21.6 Å². The number of methoxy groups -OCH3 is 1. The molecule has 0 saturated carbocycles. The maximum Gasteiger partial charge on any atom is 0.338 e. The minimum atomic E-state index is -0.697. The van der Waals surface area contributed by atoms with Gasteiger partial charge in [-0.25, -0.2) is 13.6 Å². The van der Waals surface area contributed by atoms with Gasteiger partial charge in [-0.1, -0.05) is 5.16 Å². The smallest absolute Gasteiger partial charge is 0.338 e. The highest BCUT2D eigenvalue weighted by Crippen LogP contribution is 2.26. The number of hydrogen-bond acceptors (Lipinski definition) is 5. The number of halogens is 2. The summed E-state index contributed by atoms with van der Waals surface area (Å²) in [5.74, 6) is -1.20. The molecule has 0 radical (unpaired) electrons. The standard InChI is InChI=1S/C19H15F2NO4/c1-11-16(22-26-18(11)12-3-6-14(20)7-4-12)10-25-19(23)13-5-8-17(24-2)15(21)9-13/h3-9H,10H2,1-2H3. The third-order valence-corrected chi connectivity index (χ3v) is 3.85. The maximum absolute atomic E-state index is 13.7. The Morgan fingerprint density at radius 2 is 1.88 bits per heavy atom. The molecule has 0 spiro atoms. The van der Waals surface area contributed by atoms with Crippen LogP contribution in [-0.4, -0.2) is 18.2 Å². The van der Waals surface area contributed by atoms with Gasteiger partial charge in [-0.3, -0.25) is 0 Å². The lowest BCUT2D eigenvalue weighted by Crippen LogP contribution is -2.06. The van der Waals surface area contributed by atoms with E-state index >= 15 is 0 Å². The van der Waals surface area contributed by atoms with Gasteiger partial charge in [0.1, 0.15) is 18.1 Å². The van der Waals surface area contributed by atoms with Gasteiger partial charge in [-0.2, -0.15) is 0 Å². The number of aromatic nitrogens is 1. The number of carbonyl (C=O) groups excluding carboxylic acids is 1. The van der Waals surface area contributed by atoms with Crippen LogP contribution in [0.5, 0.6) is 5.75 Å². The van der Waals surface area contributed by atoms with Crippen molar-refractivity contribution in [1.29, 1.82) is 0 Å². The van der Waals surface area contributed by atoms with Gasteiger partial charge in [0.2, 0.25) is 0 Å². The molecule has 2 aromatic carbocycles. The first-order valence-corrected chi connectivity index (χ1v) is 7.71. The van der Waals surface area contributed by atoms with Gasteiger partial charge >= 0.3 is 5.97 Å². The molecule has 3 rings (SSSR count). The summed E-state index contributed by atoms with van der Waals surface area (Å²) in [6, 6.07) is 9.56. The zero-order valence-electron chi connectivity index (χ0n) is 14.1. The van der Waals surface area contributed by atoms with Crippen molar-refractivity contribution in [2.24, 2.45) is 0 Å². The molecule has 26 heavy (non-hydrogen) atoms. The van der Waals surface area contributed by atoms with Crippen LogP contribution in [-0.2, 0) is 11.3 Å². The molecule has 0 bridgehead atoms. The zero-order valence-corrected chi connectivity index (χ0v) is 14.1. The summed E-state index contributed by atoms with van der Waals surface area (Å²) < 4.78 is 41.9. The quantitative estimate of drug-likeness (QED) is 0.636. The van der Waals surface area contributed by atoms with E-state index < -0.39 is 11.8 Å². The second-order valence-corrected chi connectivity index (χ2v) is 5.52. The molecule has 0 fully saturated rings.